The van der Waals surface area contributed by atoms with Crippen molar-refractivity contribution in [2.45, 2.75) is 50.6 Å². The number of amides is 2. The highest BCUT2D eigenvalue weighted by Gasteiger charge is 2.31. The van der Waals surface area contributed by atoms with Crippen molar-refractivity contribution in [1.82, 2.24) is 10.6 Å². The maximum Gasteiger partial charge on any atom is 0.407 e. The molecular weight excluding hydrogens is 452 g/mol. The average molecular weight is 483 g/mol. The van der Waals surface area contributed by atoms with E-state index < -0.39 is 42.4 Å². The van der Waals surface area contributed by atoms with Crippen LogP contribution < -0.4 is 10.6 Å². The van der Waals surface area contributed by atoms with E-state index in [1.807, 2.05) is 55.5 Å². The van der Waals surface area contributed by atoms with Gasteiger partial charge < -0.3 is 25.2 Å². The van der Waals surface area contributed by atoms with Crippen LogP contribution in [-0.4, -0.2) is 54.8 Å². The summed E-state index contributed by atoms with van der Waals surface area (Å²) in [6, 6.07) is 13.4. The van der Waals surface area contributed by atoms with Gasteiger partial charge in [0, 0.05) is 5.92 Å². The molecule has 9 nitrogen and oxygen atoms in total. The summed E-state index contributed by atoms with van der Waals surface area (Å²) in [5.74, 6) is -2.98. The molecule has 1 aliphatic carbocycles. The minimum Gasteiger partial charge on any atom is -0.480 e. The average Bonchev–Trinajstić information content (AvgIpc) is 3.18. The van der Waals surface area contributed by atoms with Gasteiger partial charge in [-0.05, 0) is 28.7 Å². The second kappa shape index (κ2) is 12.0. The molecule has 0 saturated heterocycles. The van der Waals surface area contributed by atoms with Gasteiger partial charge in [-0.2, -0.15) is 0 Å². The van der Waals surface area contributed by atoms with E-state index >= 15 is 0 Å². The van der Waals surface area contributed by atoms with Crippen LogP contribution in [-0.2, 0) is 23.9 Å². The number of fused-ring (bicyclic) bond motifs is 3. The van der Waals surface area contributed by atoms with Crippen molar-refractivity contribution in [2.24, 2.45) is 0 Å². The van der Waals surface area contributed by atoms with E-state index in [2.05, 4.69) is 15.4 Å². The summed E-state index contributed by atoms with van der Waals surface area (Å²) in [5.41, 5.74) is 4.33. The Kier molecular flexibility index (Phi) is 8.83. The third kappa shape index (κ3) is 6.38. The Bertz CT molecular complexity index is 1040. The molecule has 2 aromatic rings. The van der Waals surface area contributed by atoms with Crippen LogP contribution in [0, 0.1) is 0 Å². The van der Waals surface area contributed by atoms with E-state index in [1.54, 1.807) is 0 Å². The van der Waals surface area contributed by atoms with Crippen molar-refractivity contribution in [3.8, 4) is 11.1 Å². The zero-order valence-corrected chi connectivity index (χ0v) is 19.8. The van der Waals surface area contributed by atoms with Crippen LogP contribution in [0.25, 0.3) is 11.1 Å². The summed E-state index contributed by atoms with van der Waals surface area (Å²) in [5, 5.41) is 14.2. The predicted octanol–water partition coefficient (Wildman–Crippen LogP) is 3.22. The number of rotatable bonds is 11. The molecule has 0 saturated carbocycles. The summed E-state index contributed by atoms with van der Waals surface area (Å²) >= 11 is 0. The fourth-order valence-electron chi connectivity index (χ4n) is 4.18. The third-order valence-electron chi connectivity index (χ3n) is 6.01. The first-order valence-corrected chi connectivity index (χ1v) is 11.6. The van der Waals surface area contributed by atoms with Gasteiger partial charge in [0.15, 0.2) is 0 Å². The van der Waals surface area contributed by atoms with Crippen molar-refractivity contribution in [2.75, 3.05) is 13.7 Å². The van der Waals surface area contributed by atoms with E-state index in [0.29, 0.717) is 6.42 Å². The molecule has 35 heavy (non-hydrogen) atoms. The number of carbonyl (C=O) groups is 4. The van der Waals surface area contributed by atoms with Crippen LogP contribution in [0.2, 0.25) is 0 Å². The number of esters is 1. The Morgan fingerprint density at radius 1 is 0.943 bits per heavy atom. The lowest BCUT2D eigenvalue weighted by atomic mass is 9.98. The highest BCUT2D eigenvalue weighted by molar-refractivity contribution is 5.91. The quantitative estimate of drug-likeness (QED) is 0.419. The predicted molar refractivity (Wildman–Crippen MR) is 128 cm³/mol. The summed E-state index contributed by atoms with van der Waals surface area (Å²) in [6.07, 6.45) is 0.375. The number of hydrogen-bond acceptors (Lipinski definition) is 6. The van der Waals surface area contributed by atoms with Crippen LogP contribution in [0.15, 0.2) is 48.5 Å². The van der Waals surface area contributed by atoms with Gasteiger partial charge in [0.25, 0.3) is 0 Å². The lowest BCUT2D eigenvalue weighted by Gasteiger charge is -2.21. The number of benzene rings is 2. The van der Waals surface area contributed by atoms with Crippen molar-refractivity contribution in [3.63, 3.8) is 0 Å². The highest BCUT2D eigenvalue weighted by Crippen LogP contribution is 2.44. The van der Waals surface area contributed by atoms with Crippen LogP contribution in [0.5, 0.6) is 0 Å². The molecule has 2 aromatic carbocycles. The number of methoxy groups -OCH3 is 1. The Labute approximate surface area is 203 Å². The van der Waals surface area contributed by atoms with Crippen LogP contribution in [0.1, 0.15) is 49.7 Å². The number of hydrogen-bond donors (Lipinski definition) is 3. The largest absolute Gasteiger partial charge is 0.480 e. The molecule has 3 N–H and O–H groups in total. The monoisotopic (exact) mass is 482 g/mol. The van der Waals surface area contributed by atoms with Gasteiger partial charge in [0.2, 0.25) is 5.91 Å². The lowest BCUT2D eigenvalue weighted by Crippen LogP contribution is -2.52. The molecule has 2 atom stereocenters. The van der Waals surface area contributed by atoms with Crippen molar-refractivity contribution < 1.29 is 33.8 Å². The molecule has 3 rings (SSSR count). The number of carboxylic acid groups (broad SMARTS) is 1. The molecule has 1 unspecified atom stereocenters. The number of carbonyl (C=O) groups excluding carboxylic acids is 3. The van der Waals surface area contributed by atoms with E-state index in [0.717, 1.165) is 35.8 Å². The van der Waals surface area contributed by atoms with Crippen molar-refractivity contribution in [3.05, 3.63) is 59.7 Å². The first-order valence-electron chi connectivity index (χ1n) is 11.6. The van der Waals surface area contributed by atoms with Crippen molar-refractivity contribution in [1.29, 1.82) is 0 Å². The first kappa shape index (κ1) is 25.7. The third-order valence-corrected chi connectivity index (χ3v) is 6.01. The highest BCUT2D eigenvalue weighted by atomic mass is 16.5. The second-order valence-corrected chi connectivity index (χ2v) is 8.34. The topological polar surface area (TPSA) is 131 Å². The Balaban J connectivity index is 1.65. The van der Waals surface area contributed by atoms with Crippen molar-refractivity contribution >= 4 is 23.9 Å². The Morgan fingerprint density at radius 2 is 1.54 bits per heavy atom. The zero-order valence-electron chi connectivity index (χ0n) is 19.8. The smallest absolute Gasteiger partial charge is 0.407 e. The number of aliphatic carboxylic acids is 1. The van der Waals surface area contributed by atoms with E-state index in [1.165, 1.54) is 0 Å². The maximum atomic E-state index is 12.8. The van der Waals surface area contributed by atoms with Gasteiger partial charge in [0.05, 0.1) is 13.5 Å². The second-order valence-electron chi connectivity index (χ2n) is 8.34. The molecule has 0 fully saturated rings. The van der Waals surface area contributed by atoms with E-state index in [4.69, 9.17) is 4.74 Å². The molecule has 1 aliphatic rings. The first-order chi connectivity index (χ1) is 16.8. The van der Waals surface area contributed by atoms with Gasteiger partial charge in [0.1, 0.15) is 18.7 Å². The van der Waals surface area contributed by atoms with Gasteiger partial charge in [-0.25, -0.2) is 9.59 Å². The summed E-state index contributed by atoms with van der Waals surface area (Å²) in [6.45, 7) is 2.02. The molecule has 2 amide bonds. The van der Waals surface area contributed by atoms with E-state index in [9.17, 15) is 24.3 Å². The Morgan fingerprint density at radius 3 is 2.09 bits per heavy atom. The number of alkyl carbamates (subject to hydrolysis) is 1. The molecule has 0 radical (unpaired) electrons. The zero-order chi connectivity index (χ0) is 25.4. The summed E-state index contributed by atoms with van der Waals surface area (Å²) in [7, 11) is 1.13. The molecule has 0 heterocycles. The number of carboxylic acids is 1. The standard InChI is InChI=1S/C26H30N2O7/c1-3-4-13-21(24(30)27-22(25(31)32)14-23(29)34-2)28-26(33)35-15-20-18-11-7-5-9-16(18)17-10-6-8-12-19(17)20/h5-12,20-22H,3-4,13-15H2,1-2H3,(H,27,30)(H,28,33)(H,31,32)/t21?,22-/m0/s1. The normalized spacial score (nSPS) is 13.7. The SMILES string of the molecule is CCCCC(NC(=O)OCC1c2ccccc2-c2ccccc21)C(=O)N[C@@H](CC(=O)OC)C(=O)O. The van der Waals surface area contributed by atoms with Gasteiger partial charge in [-0.15, -0.1) is 0 Å². The van der Waals surface area contributed by atoms with Gasteiger partial charge >= 0.3 is 18.0 Å². The van der Waals surface area contributed by atoms with Gasteiger partial charge in [-0.3, -0.25) is 9.59 Å². The Hall–Kier alpha value is -3.88. The molecule has 0 bridgehead atoms. The van der Waals surface area contributed by atoms with E-state index in [-0.39, 0.29) is 18.9 Å². The minimum atomic E-state index is -1.47. The fraction of sp³-hybridized carbons (Fsp3) is 0.385. The number of ether oxygens (including phenoxy) is 2. The maximum absolute atomic E-state index is 12.8. The summed E-state index contributed by atoms with van der Waals surface area (Å²) in [4.78, 5) is 48.4. The molecule has 9 heteroatoms. The van der Waals surface area contributed by atoms with Crippen LogP contribution >= 0.6 is 0 Å². The fourth-order valence-corrected chi connectivity index (χ4v) is 4.18. The minimum absolute atomic E-state index is 0.0854. The molecule has 186 valence electrons. The molecular formula is C26H30N2O7. The molecule has 0 spiro atoms. The number of nitrogens with one attached hydrogen (secondary N) is 2. The van der Waals surface area contributed by atoms with Gasteiger partial charge in [-0.1, -0.05) is 68.3 Å². The van der Waals surface area contributed by atoms with Crippen LogP contribution in [0.4, 0.5) is 4.79 Å². The number of unbranched alkanes of at least 4 members (excludes halogenated alkanes) is 1. The summed E-state index contributed by atoms with van der Waals surface area (Å²) < 4.78 is 10.0. The lowest BCUT2D eigenvalue weighted by molar-refractivity contribution is -0.149. The molecule has 0 aromatic heterocycles. The molecule has 0 aliphatic heterocycles. The van der Waals surface area contributed by atoms with Crippen LogP contribution in [0.3, 0.4) is 0 Å².